The lowest BCUT2D eigenvalue weighted by atomic mass is 10.2. The van der Waals surface area contributed by atoms with E-state index in [4.69, 9.17) is 0 Å². The first-order valence-electron chi connectivity index (χ1n) is 6.98. The standard InChI is InChI=1S/C14H23N3S/c1-3-6-11-9-13(15-2)17-14(16-11)10-18-12-7-4-5-8-12/h9,12H,3-8,10H2,1-2H3,(H,15,16,17). The van der Waals surface area contributed by atoms with Crippen LogP contribution in [0.3, 0.4) is 0 Å². The van der Waals surface area contributed by atoms with Crippen LogP contribution < -0.4 is 5.32 Å². The number of rotatable bonds is 6. The molecule has 1 aromatic heterocycles. The Balaban J connectivity index is 1.98. The van der Waals surface area contributed by atoms with Crippen LogP contribution in [-0.4, -0.2) is 22.3 Å². The van der Waals surface area contributed by atoms with Crippen molar-refractivity contribution in [2.45, 2.75) is 56.5 Å². The normalized spacial score (nSPS) is 16.1. The fraction of sp³-hybridized carbons (Fsp3) is 0.714. The predicted octanol–water partition coefficient (Wildman–Crippen LogP) is 3.65. The molecule has 0 saturated heterocycles. The smallest absolute Gasteiger partial charge is 0.140 e. The molecule has 0 aliphatic heterocycles. The van der Waals surface area contributed by atoms with E-state index in [1.807, 2.05) is 18.8 Å². The number of thioether (sulfide) groups is 1. The van der Waals surface area contributed by atoms with E-state index in [-0.39, 0.29) is 0 Å². The van der Waals surface area contributed by atoms with Crippen LogP contribution in [0, 0.1) is 0 Å². The monoisotopic (exact) mass is 265 g/mol. The van der Waals surface area contributed by atoms with Crippen LogP contribution in [0.1, 0.15) is 50.5 Å². The fourth-order valence-corrected chi connectivity index (χ4v) is 3.56. The topological polar surface area (TPSA) is 37.8 Å². The summed E-state index contributed by atoms with van der Waals surface area (Å²) >= 11 is 2.03. The molecule has 0 amide bonds. The van der Waals surface area contributed by atoms with Crippen LogP contribution in [0.2, 0.25) is 0 Å². The Morgan fingerprint density at radius 1 is 1.33 bits per heavy atom. The largest absolute Gasteiger partial charge is 0.373 e. The molecule has 1 fully saturated rings. The van der Waals surface area contributed by atoms with E-state index in [0.717, 1.165) is 35.5 Å². The lowest BCUT2D eigenvalue weighted by molar-refractivity contribution is 0.851. The molecule has 100 valence electrons. The zero-order valence-corrected chi connectivity index (χ0v) is 12.2. The van der Waals surface area contributed by atoms with Crippen molar-refractivity contribution >= 4 is 17.6 Å². The Bertz CT molecular complexity index is 375. The summed E-state index contributed by atoms with van der Waals surface area (Å²) in [6, 6.07) is 2.06. The maximum Gasteiger partial charge on any atom is 0.140 e. The van der Waals surface area contributed by atoms with E-state index >= 15 is 0 Å². The van der Waals surface area contributed by atoms with Gasteiger partial charge in [0.25, 0.3) is 0 Å². The summed E-state index contributed by atoms with van der Waals surface area (Å²) < 4.78 is 0. The quantitative estimate of drug-likeness (QED) is 0.852. The average Bonchev–Trinajstić information content (AvgIpc) is 2.89. The first-order valence-corrected chi connectivity index (χ1v) is 8.03. The highest BCUT2D eigenvalue weighted by Gasteiger charge is 2.16. The third-order valence-electron chi connectivity index (χ3n) is 3.34. The van der Waals surface area contributed by atoms with Crippen molar-refractivity contribution in [2.75, 3.05) is 12.4 Å². The number of aryl methyl sites for hydroxylation is 1. The Hall–Kier alpha value is -0.770. The van der Waals surface area contributed by atoms with E-state index in [0.29, 0.717) is 0 Å². The van der Waals surface area contributed by atoms with Gasteiger partial charge in [-0.25, -0.2) is 9.97 Å². The highest BCUT2D eigenvalue weighted by Crippen LogP contribution is 2.31. The molecule has 1 heterocycles. The molecule has 1 N–H and O–H groups in total. The van der Waals surface area contributed by atoms with E-state index in [2.05, 4.69) is 28.3 Å². The highest BCUT2D eigenvalue weighted by atomic mass is 32.2. The number of nitrogens with zero attached hydrogens (tertiary/aromatic N) is 2. The van der Waals surface area contributed by atoms with E-state index in [1.165, 1.54) is 31.4 Å². The van der Waals surface area contributed by atoms with Crippen LogP contribution in [0.5, 0.6) is 0 Å². The molecule has 1 aliphatic rings. The number of anilines is 1. The van der Waals surface area contributed by atoms with Crippen molar-refractivity contribution in [1.82, 2.24) is 9.97 Å². The second-order valence-corrected chi connectivity index (χ2v) is 6.17. The number of hydrogen-bond acceptors (Lipinski definition) is 4. The van der Waals surface area contributed by atoms with E-state index in [9.17, 15) is 0 Å². The van der Waals surface area contributed by atoms with Gasteiger partial charge in [0.15, 0.2) is 0 Å². The maximum atomic E-state index is 4.66. The van der Waals surface area contributed by atoms with Gasteiger partial charge in [-0.05, 0) is 19.3 Å². The fourth-order valence-electron chi connectivity index (χ4n) is 2.38. The molecule has 0 bridgehead atoms. The summed E-state index contributed by atoms with van der Waals surface area (Å²) in [5.41, 5.74) is 1.17. The molecule has 1 aromatic rings. The molecule has 1 aliphatic carbocycles. The molecule has 0 atom stereocenters. The van der Waals surface area contributed by atoms with Crippen LogP contribution in [0.25, 0.3) is 0 Å². The molecule has 2 rings (SSSR count). The summed E-state index contributed by atoms with van der Waals surface area (Å²) in [4.78, 5) is 9.21. The van der Waals surface area contributed by atoms with Crippen LogP contribution >= 0.6 is 11.8 Å². The molecule has 0 spiro atoms. The first kappa shape index (κ1) is 13.7. The van der Waals surface area contributed by atoms with Gasteiger partial charge in [0, 0.05) is 24.1 Å². The summed E-state index contributed by atoms with van der Waals surface area (Å²) in [6.07, 6.45) is 7.72. The van der Waals surface area contributed by atoms with E-state index in [1.54, 1.807) is 0 Å². The maximum absolute atomic E-state index is 4.66. The van der Waals surface area contributed by atoms with Gasteiger partial charge in [-0.3, -0.25) is 0 Å². The zero-order valence-electron chi connectivity index (χ0n) is 11.4. The molecular formula is C14H23N3S. The molecule has 18 heavy (non-hydrogen) atoms. The van der Waals surface area contributed by atoms with Gasteiger partial charge in [0.1, 0.15) is 11.6 Å². The number of nitrogens with one attached hydrogen (secondary N) is 1. The van der Waals surface area contributed by atoms with Crippen molar-refractivity contribution in [3.05, 3.63) is 17.6 Å². The van der Waals surface area contributed by atoms with E-state index < -0.39 is 0 Å². The van der Waals surface area contributed by atoms with Gasteiger partial charge < -0.3 is 5.32 Å². The Labute approximate surface area is 114 Å². The van der Waals surface area contributed by atoms with Gasteiger partial charge in [-0.2, -0.15) is 11.8 Å². The molecular weight excluding hydrogens is 242 g/mol. The van der Waals surface area contributed by atoms with Crippen molar-refractivity contribution in [1.29, 1.82) is 0 Å². The third kappa shape index (κ3) is 3.87. The molecule has 4 heteroatoms. The number of hydrogen-bond donors (Lipinski definition) is 1. The minimum Gasteiger partial charge on any atom is -0.373 e. The van der Waals surface area contributed by atoms with Crippen molar-refractivity contribution < 1.29 is 0 Å². The van der Waals surface area contributed by atoms with Gasteiger partial charge in [0.05, 0.1) is 5.75 Å². The number of aromatic nitrogens is 2. The minimum atomic E-state index is 0.835. The first-order chi connectivity index (χ1) is 8.81. The minimum absolute atomic E-state index is 0.835. The molecule has 0 radical (unpaired) electrons. The molecule has 0 aromatic carbocycles. The van der Waals surface area contributed by atoms with Gasteiger partial charge in [-0.15, -0.1) is 0 Å². The lowest BCUT2D eigenvalue weighted by Gasteiger charge is -2.10. The molecule has 3 nitrogen and oxygen atoms in total. The summed E-state index contributed by atoms with van der Waals surface area (Å²) in [5.74, 6) is 2.90. The summed E-state index contributed by atoms with van der Waals surface area (Å²) in [5, 5.41) is 3.97. The second-order valence-electron chi connectivity index (χ2n) is 4.88. The highest BCUT2D eigenvalue weighted by molar-refractivity contribution is 7.99. The van der Waals surface area contributed by atoms with Crippen LogP contribution in [0.4, 0.5) is 5.82 Å². The van der Waals surface area contributed by atoms with Crippen molar-refractivity contribution in [2.24, 2.45) is 0 Å². The Kier molecular flexibility index (Phi) is 5.29. The van der Waals surface area contributed by atoms with Crippen molar-refractivity contribution in [3.63, 3.8) is 0 Å². The Morgan fingerprint density at radius 2 is 2.11 bits per heavy atom. The third-order valence-corrected chi connectivity index (χ3v) is 4.71. The van der Waals surface area contributed by atoms with Crippen molar-refractivity contribution in [3.8, 4) is 0 Å². The lowest BCUT2D eigenvalue weighted by Crippen LogP contribution is -2.04. The van der Waals surface area contributed by atoms with Crippen LogP contribution in [-0.2, 0) is 12.2 Å². The molecule has 1 saturated carbocycles. The predicted molar refractivity (Wildman–Crippen MR) is 79.1 cm³/mol. The Morgan fingerprint density at radius 3 is 2.78 bits per heavy atom. The molecule has 0 unspecified atom stereocenters. The second kappa shape index (κ2) is 6.98. The summed E-state index contributed by atoms with van der Waals surface area (Å²) in [7, 11) is 1.92. The average molecular weight is 265 g/mol. The van der Waals surface area contributed by atoms with Gasteiger partial charge in [0.2, 0.25) is 0 Å². The van der Waals surface area contributed by atoms with Gasteiger partial charge >= 0.3 is 0 Å². The van der Waals surface area contributed by atoms with Gasteiger partial charge in [-0.1, -0.05) is 26.2 Å². The van der Waals surface area contributed by atoms with Crippen LogP contribution in [0.15, 0.2) is 6.07 Å². The summed E-state index contributed by atoms with van der Waals surface area (Å²) in [6.45, 7) is 2.19. The zero-order chi connectivity index (χ0) is 12.8. The SMILES string of the molecule is CCCc1cc(NC)nc(CSC2CCCC2)n1.